The third-order valence-electron chi connectivity index (χ3n) is 1.33. The number of carbonyl (C=O) groups is 1. The second kappa shape index (κ2) is 3.31. The molecule has 2 N–H and O–H groups in total. The highest BCUT2D eigenvalue weighted by atomic mass is 32.1. The highest BCUT2D eigenvalue weighted by Gasteiger charge is 2.10. The highest BCUT2D eigenvalue weighted by molar-refractivity contribution is 7.08. The van der Waals surface area contributed by atoms with Gasteiger partial charge < -0.3 is 5.32 Å². The monoisotopic (exact) mass is 195 g/mol. The van der Waals surface area contributed by atoms with E-state index in [1.54, 1.807) is 6.07 Å². The van der Waals surface area contributed by atoms with Crippen LogP contribution in [-0.2, 0) is 0 Å². The highest BCUT2D eigenvalue weighted by Crippen LogP contribution is 2.11. The van der Waals surface area contributed by atoms with Crippen LogP contribution < -0.4 is 5.32 Å². The van der Waals surface area contributed by atoms with Gasteiger partial charge in [-0.15, -0.1) is 10.2 Å². The quantitative estimate of drug-likeness (QED) is 0.731. The van der Waals surface area contributed by atoms with E-state index in [2.05, 4.69) is 25.9 Å². The molecule has 0 aromatic carbocycles. The van der Waals surface area contributed by atoms with E-state index in [0.717, 1.165) is 5.69 Å². The largest absolute Gasteiger partial charge is 0.318 e. The number of aromatic amines is 1. The van der Waals surface area contributed by atoms with Gasteiger partial charge in [0.05, 0.1) is 5.69 Å². The molecule has 0 radical (unpaired) electrons. The molecule has 0 bridgehead atoms. The van der Waals surface area contributed by atoms with Gasteiger partial charge in [-0.1, -0.05) is 0 Å². The number of anilines is 1. The van der Waals surface area contributed by atoms with Crippen LogP contribution >= 0.6 is 11.3 Å². The average molecular weight is 195 g/mol. The zero-order valence-corrected chi connectivity index (χ0v) is 7.21. The van der Waals surface area contributed by atoms with E-state index < -0.39 is 0 Å². The molecule has 2 rings (SSSR count). The van der Waals surface area contributed by atoms with Crippen molar-refractivity contribution in [3.05, 3.63) is 22.7 Å². The summed E-state index contributed by atoms with van der Waals surface area (Å²) < 4.78 is 0. The van der Waals surface area contributed by atoms with Crippen LogP contribution in [0.5, 0.6) is 0 Å². The van der Waals surface area contributed by atoms with E-state index in [1.807, 2.05) is 10.8 Å². The zero-order valence-electron chi connectivity index (χ0n) is 6.39. The maximum Gasteiger partial charge on any atom is 0.297 e. The van der Waals surface area contributed by atoms with Crippen molar-refractivity contribution >= 4 is 22.9 Å². The molecule has 0 aliphatic carbocycles. The molecule has 13 heavy (non-hydrogen) atoms. The van der Waals surface area contributed by atoms with Gasteiger partial charge in [0, 0.05) is 5.38 Å². The molecule has 0 saturated carbocycles. The van der Waals surface area contributed by atoms with Gasteiger partial charge in [0.25, 0.3) is 11.7 Å². The number of carbonyl (C=O) groups excluding carboxylic acids is 1. The van der Waals surface area contributed by atoms with Gasteiger partial charge in [-0.25, -0.2) is 0 Å². The first-order valence-electron chi connectivity index (χ1n) is 3.43. The predicted octanol–water partition coefficient (Wildman–Crippen LogP) is 0.513. The Labute approximate surface area is 77.0 Å². The number of aromatic nitrogens is 4. The Morgan fingerprint density at radius 2 is 2.54 bits per heavy atom. The number of H-pyrrole nitrogens is 1. The molecule has 2 heterocycles. The first kappa shape index (κ1) is 7.87. The molecule has 0 aliphatic heterocycles. The molecule has 1 amide bonds. The standard InChI is InChI=1S/C6H5N5OS/c12-6(5-8-10-11-9-5)7-4-1-2-13-3-4/h1-3H,(H,7,12)(H,8,9,10,11). The van der Waals surface area contributed by atoms with Gasteiger partial charge >= 0.3 is 0 Å². The topological polar surface area (TPSA) is 83.6 Å². The molecule has 66 valence electrons. The van der Waals surface area contributed by atoms with Crippen LogP contribution in [0.4, 0.5) is 5.69 Å². The van der Waals surface area contributed by atoms with Crippen LogP contribution in [0.2, 0.25) is 0 Å². The summed E-state index contributed by atoms with van der Waals surface area (Å²) in [5.41, 5.74) is 0.736. The Morgan fingerprint density at radius 3 is 3.15 bits per heavy atom. The van der Waals surface area contributed by atoms with E-state index in [9.17, 15) is 4.79 Å². The molecule has 0 unspecified atom stereocenters. The molecular formula is C6H5N5OS. The lowest BCUT2D eigenvalue weighted by molar-refractivity contribution is 0.101. The first-order chi connectivity index (χ1) is 6.36. The molecule has 2 aromatic rings. The van der Waals surface area contributed by atoms with Crippen LogP contribution in [0.3, 0.4) is 0 Å². The Hall–Kier alpha value is -1.76. The third-order valence-corrected chi connectivity index (χ3v) is 2.01. The fourth-order valence-corrected chi connectivity index (χ4v) is 1.37. The Bertz CT molecular complexity index is 381. The van der Waals surface area contributed by atoms with Gasteiger partial charge in [0.2, 0.25) is 0 Å². The SMILES string of the molecule is O=C(Nc1ccsc1)c1nn[nH]n1. The molecule has 0 saturated heterocycles. The maximum absolute atomic E-state index is 11.3. The van der Waals surface area contributed by atoms with Gasteiger partial charge in [-0.05, 0) is 16.7 Å². The molecule has 2 aromatic heterocycles. The van der Waals surface area contributed by atoms with Gasteiger partial charge in [0.1, 0.15) is 0 Å². The number of hydrogen-bond donors (Lipinski definition) is 2. The first-order valence-corrected chi connectivity index (χ1v) is 4.37. The molecule has 0 spiro atoms. The third kappa shape index (κ3) is 1.70. The molecular weight excluding hydrogens is 190 g/mol. The lowest BCUT2D eigenvalue weighted by Crippen LogP contribution is -2.13. The fourth-order valence-electron chi connectivity index (χ4n) is 0.781. The summed E-state index contributed by atoms with van der Waals surface area (Å²) in [5.74, 6) is -0.335. The van der Waals surface area contributed by atoms with Gasteiger partial charge in [-0.3, -0.25) is 4.79 Å². The minimum atomic E-state index is -0.368. The number of nitrogens with one attached hydrogen (secondary N) is 2. The average Bonchev–Trinajstić information content (AvgIpc) is 2.74. The van der Waals surface area contributed by atoms with Crippen LogP contribution in [0.25, 0.3) is 0 Å². The van der Waals surface area contributed by atoms with Gasteiger partial charge in [0.15, 0.2) is 0 Å². The van der Waals surface area contributed by atoms with E-state index in [0.29, 0.717) is 0 Å². The summed E-state index contributed by atoms with van der Waals surface area (Å²) in [6, 6.07) is 1.79. The molecule has 6 nitrogen and oxygen atoms in total. The van der Waals surface area contributed by atoms with Crippen molar-refractivity contribution in [2.75, 3.05) is 5.32 Å². The van der Waals surface area contributed by atoms with Crippen molar-refractivity contribution in [3.8, 4) is 0 Å². The summed E-state index contributed by atoms with van der Waals surface area (Å²) in [4.78, 5) is 11.3. The van der Waals surface area contributed by atoms with Crippen LogP contribution in [0.15, 0.2) is 16.8 Å². The Morgan fingerprint density at radius 1 is 1.62 bits per heavy atom. The smallest absolute Gasteiger partial charge is 0.297 e. The van der Waals surface area contributed by atoms with E-state index >= 15 is 0 Å². The zero-order chi connectivity index (χ0) is 9.10. The normalized spacial score (nSPS) is 9.85. The Balaban J connectivity index is 2.08. The van der Waals surface area contributed by atoms with Crippen LogP contribution in [0.1, 0.15) is 10.6 Å². The Kier molecular flexibility index (Phi) is 2.01. The van der Waals surface area contributed by atoms with Crippen molar-refractivity contribution in [3.63, 3.8) is 0 Å². The minimum absolute atomic E-state index is 0.0335. The second-order valence-corrected chi connectivity index (χ2v) is 2.98. The predicted molar refractivity (Wildman–Crippen MR) is 46.4 cm³/mol. The summed E-state index contributed by atoms with van der Waals surface area (Å²) in [7, 11) is 0. The number of tetrazole rings is 1. The number of nitrogens with zero attached hydrogens (tertiary/aromatic N) is 3. The van der Waals surface area contributed by atoms with E-state index in [1.165, 1.54) is 11.3 Å². The number of rotatable bonds is 2. The summed E-state index contributed by atoms with van der Waals surface area (Å²) in [6.07, 6.45) is 0. The molecule has 0 atom stereocenters. The lowest BCUT2D eigenvalue weighted by Gasteiger charge is -1.95. The number of thiophene rings is 1. The number of amides is 1. The number of hydrogen-bond acceptors (Lipinski definition) is 5. The maximum atomic E-state index is 11.3. The van der Waals surface area contributed by atoms with Crippen molar-refractivity contribution in [1.82, 2.24) is 20.6 Å². The van der Waals surface area contributed by atoms with Crippen molar-refractivity contribution in [2.45, 2.75) is 0 Å². The summed E-state index contributed by atoms with van der Waals surface area (Å²) in [5, 5.41) is 18.9. The van der Waals surface area contributed by atoms with Gasteiger partial charge in [-0.2, -0.15) is 16.6 Å². The molecule has 7 heteroatoms. The molecule has 0 fully saturated rings. The van der Waals surface area contributed by atoms with E-state index in [-0.39, 0.29) is 11.7 Å². The van der Waals surface area contributed by atoms with Crippen LogP contribution in [-0.4, -0.2) is 26.5 Å². The van der Waals surface area contributed by atoms with Crippen molar-refractivity contribution in [1.29, 1.82) is 0 Å². The van der Waals surface area contributed by atoms with Crippen molar-refractivity contribution in [2.24, 2.45) is 0 Å². The minimum Gasteiger partial charge on any atom is -0.318 e. The molecule has 0 aliphatic rings. The lowest BCUT2D eigenvalue weighted by atomic mass is 10.5. The summed E-state index contributed by atoms with van der Waals surface area (Å²) in [6.45, 7) is 0. The van der Waals surface area contributed by atoms with Crippen molar-refractivity contribution < 1.29 is 4.79 Å². The second-order valence-electron chi connectivity index (χ2n) is 2.20. The fraction of sp³-hybridized carbons (Fsp3) is 0. The summed E-state index contributed by atoms with van der Waals surface area (Å²) >= 11 is 1.50. The van der Waals surface area contributed by atoms with E-state index in [4.69, 9.17) is 0 Å². The van der Waals surface area contributed by atoms with Crippen LogP contribution in [0, 0.1) is 0 Å².